The number of hydrogen-bond acceptors (Lipinski definition) is 4. The zero-order valence-corrected chi connectivity index (χ0v) is 11.7. The average molecular weight is 287 g/mol. The number of nitrogens with one attached hydrogen (secondary N) is 1. The molecule has 110 valence electrons. The summed E-state index contributed by atoms with van der Waals surface area (Å²) in [6.45, 7) is 0.679. The molecule has 21 heavy (non-hydrogen) atoms. The number of carbonyl (C=O) groups excluding carboxylic acids is 1. The molecular weight excluding hydrogens is 270 g/mol. The van der Waals surface area contributed by atoms with Gasteiger partial charge in [0, 0.05) is 30.6 Å². The lowest BCUT2D eigenvalue weighted by atomic mass is 10.2. The fourth-order valence-corrected chi connectivity index (χ4v) is 1.69. The van der Waals surface area contributed by atoms with Gasteiger partial charge in [-0.2, -0.15) is 0 Å². The molecule has 1 amide bonds. The zero-order valence-electron chi connectivity index (χ0n) is 11.7. The number of anilines is 1. The Labute approximate surface area is 122 Å². The second-order valence-corrected chi connectivity index (χ2v) is 4.54. The number of ether oxygens (including phenoxy) is 1. The van der Waals surface area contributed by atoms with Crippen LogP contribution in [-0.2, 0) is 7.05 Å². The van der Waals surface area contributed by atoms with E-state index < -0.39 is 0 Å². The number of nitrogens with two attached hydrogens (primary N) is 1. The van der Waals surface area contributed by atoms with E-state index in [9.17, 15) is 9.59 Å². The number of nitrogens with zero attached hydrogens (tertiary/aromatic N) is 1. The van der Waals surface area contributed by atoms with Gasteiger partial charge in [0.15, 0.2) is 0 Å². The smallest absolute Gasteiger partial charge is 0.251 e. The second-order valence-electron chi connectivity index (χ2n) is 4.54. The Kier molecular flexibility index (Phi) is 4.61. The maximum absolute atomic E-state index is 11.8. The van der Waals surface area contributed by atoms with Crippen LogP contribution < -0.4 is 21.3 Å². The Bertz CT molecular complexity index is 677. The van der Waals surface area contributed by atoms with E-state index in [0.717, 1.165) is 0 Å². The van der Waals surface area contributed by atoms with Crippen molar-refractivity contribution < 1.29 is 9.53 Å². The van der Waals surface area contributed by atoms with Gasteiger partial charge in [-0.3, -0.25) is 9.59 Å². The molecule has 6 heteroatoms. The Morgan fingerprint density at radius 1 is 1.29 bits per heavy atom. The first kappa shape index (κ1) is 14.6. The number of nitrogen functional groups attached to an aromatic ring is 1. The van der Waals surface area contributed by atoms with Crippen molar-refractivity contribution in [1.82, 2.24) is 9.88 Å². The molecule has 0 aliphatic rings. The molecule has 1 heterocycles. The number of aryl methyl sites for hydroxylation is 1. The Hall–Kier alpha value is -2.76. The summed E-state index contributed by atoms with van der Waals surface area (Å²) >= 11 is 0. The fourth-order valence-electron chi connectivity index (χ4n) is 1.69. The molecule has 0 aliphatic carbocycles. The van der Waals surface area contributed by atoms with Gasteiger partial charge in [-0.05, 0) is 30.3 Å². The minimum atomic E-state index is -0.298. The molecule has 0 saturated carbocycles. The van der Waals surface area contributed by atoms with Gasteiger partial charge >= 0.3 is 0 Å². The predicted molar refractivity (Wildman–Crippen MR) is 80.4 cm³/mol. The van der Waals surface area contributed by atoms with Gasteiger partial charge in [0.05, 0.1) is 6.54 Å². The molecule has 2 aromatic rings. The van der Waals surface area contributed by atoms with E-state index in [1.165, 1.54) is 10.6 Å². The normalized spacial score (nSPS) is 10.1. The van der Waals surface area contributed by atoms with Crippen molar-refractivity contribution in [2.75, 3.05) is 18.9 Å². The van der Waals surface area contributed by atoms with Gasteiger partial charge in [0.1, 0.15) is 12.4 Å². The van der Waals surface area contributed by atoms with Crippen LogP contribution in [-0.4, -0.2) is 23.6 Å². The lowest BCUT2D eigenvalue weighted by molar-refractivity contribution is 0.0946. The van der Waals surface area contributed by atoms with Crippen molar-refractivity contribution in [3.8, 4) is 5.75 Å². The van der Waals surface area contributed by atoms with Crippen LogP contribution in [0.5, 0.6) is 5.75 Å². The highest BCUT2D eigenvalue weighted by molar-refractivity contribution is 5.93. The molecule has 0 aliphatic heterocycles. The maximum Gasteiger partial charge on any atom is 0.251 e. The standard InChI is InChI=1S/C15H17N3O3/c1-18-8-6-11(10-14(18)19)15(20)17-7-9-21-13-4-2-12(16)3-5-13/h2-6,8,10H,7,9,16H2,1H3,(H,17,20). The summed E-state index contributed by atoms with van der Waals surface area (Å²) in [6.07, 6.45) is 1.56. The number of carbonyl (C=O) groups is 1. The number of amides is 1. The van der Waals surface area contributed by atoms with E-state index in [4.69, 9.17) is 10.5 Å². The van der Waals surface area contributed by atoms with E-state index in [0.29, 0.717) is 30.2 Å². The summed E-state index contributed by atoms with van der Waals surface area (Å²) in [5.74, 6) is 0.389. The van der Waals surface area contributed by atoms with Crippen LogP contribution in [0.2, 0.25) is 0 Å². The summed E-state index contributed by atoms with van der Waals surface area (Å²) in [4.78, 5) is 23.3. The van der Waals surface area contributed by atoms with E-state index in [-0.39, 0.29) is 11.5 Å². The molecule has 3 N–H and O–H groups in total. The fraction of sp³-hybridized carbons (Fsp3) is 0.200. The second kappa shape index (κ2) is 6.60. The van der Waals surface area contributed by atoms with Crippen molar-refractivity contribution in [2.24, 2.45) is 7.05 Å². The Morgan fingerprint density at radius 2 is 2.00 bits per heavy atom. The summed E-state index contributed by atoms with van der Waals surface area (Å²) in [5.41, 5.74) is 6.35. The quantitative estimate of drug-likeness (QED) is 0.628. The molecule has 0 fully saturated rings. The highest BCUT2D eigenvalue weighted by Gasteiger charge is 2.05. The highest BCUT2D eigenvalue weighted by atomic mass is 16.5. The van der Waals surface area contributed by atoms with Crippen molar-refractivity contribution >= 4 is 11.6 Å². The third kappa shape index (κ3) is 4.10. The summed E-state index contributed by atoms with van der Waals surface area (Å²) in [7, 11) is 1.63. The van der Waals surface area contributed by atoms with Crippen molar-refractivity contribution in [1.29, 1.82) is 0 Å². The molecule has 0 unspecified atom stereocenters. The van der Waals surface area contributed by atoms with Crippen molar-refractivity contribution in [2.45, 2.75) is 0 Å². The third-order valence-electron chi connectivity index (χ3n) is 2.90. The summed E-state index contributed by atoms with van der Waals surface area (Å²) < 4.78 is 6.86. The van der Waals surface area contributed by atoms with Crippen molar-refractivity contribution in [3.05, 3.63) is 58.5 Å². The van der Waals surface area contributed by atoms with Gasteiger partial charge in [0.25, 0.3) is 11.5 Å². The lowest BCUT2D eigenvalue weighted by Gasteiger charge is -2.08. The molecule has 2 rings (SSSR count). The van der Waals surface area contributed by atoms with Crippen molar-refractivity contribution in [3.63, 3.8) is 0 Å². The van der Waals surface area contributed by atoms with Crippen LogP contribution in [0, 0.1) is 0 Å². The summed E-state index contributed by atoms with van der Waals surface area (Å²) in [6, 6.07) is 9.91. The van der Waals surface area contributed by atoms with E-state index in [1.807, 2.05) is 0 Å². The molecule has 6 nitrogen and oxygen atoms in total. The van der Waals surface area contributed by atoms with E-state index in [1.54, 1.807) is 43.6 Å². The topological polar surface area (TPSA) is 86.3 Å². The van der Waals surface area contributed by atoms with Gasteiger partial charge < -0.3 is 20.4 Å². The van der Waals surface area contributed by atoms with Gasteiger partial charge in [-0.25, -0.2) is 0 Å². The number of benzene rings is 1. The molecule has 0 bridgehead atoms. The average Bonchev–Trinajstić information content (AvgIpc) is 2.48. The monoisotopic (exact) mass is 287 g/mol. The Balaban J connectivity index is 1.80. The molecule has 1 aromatic heterocycles. The highest BCUT2D eigenvalue weighted by Crippen LogP contribution is 2.12. The third-order valence-corrected chi connectivity index (χ3v) is 2.90. The Morgan fingerprint density at radius 3 is 2.67 bits per heavy atom. The predicted octanol–water partition coefficient (Wildman–Crippen LogP) is 0.776. The van der Waals surface area contributed by atoms with Crippen LogP contribution >= 0.6 is 0 Å². The number of aromatic nitrogens is 1. The number of hydrogen-bond donors (Lipinski definition) is 2. The van der Waals surface area contributed by atoms with Crippen LogP contribution in [0.25, 0.3) is 0 Å². The lowest BCUT2D eigenvalue weighted by Crippen LogP contribution is -2.29. The van der Waals surface area contributed by atoms with Crippen LogP contribution in [0.4, 0.5) is 5.69 Å². The summed E-state index contributed by atoms with van der Waals surface area (Å²) in [5, 5.41) is 2.69. The molecule has 0 saturated heterocycles. The van der Waals surface area contributed by atoms with Crippen LogP contribution in [0.1, 0.15) is 10.4 Å². The van der Waals surface area contributed by atoms with Gasteiger partial charge in [0.2, 0.25) is 0 Å². The van der Waals surface area contributed by atoms with Gasteiger partial charge in [-0.15, -0.1) is 0 Å². The minimum absolute atomic E-state index is 0.222. The first-order chi connectivity index (χ1) is 10.1. The first-order valence-electron chi connectivity index (χ1n) is 6.49. The largest absolute Gasteiger partial charge is 0.492 e. The zero-order chi connectivity index (χ0) is 15.2. The maximum atomic E-state index is 11.8. The SMILES string of the molecule is Cn1ccc(C(=O)NCCOc2ccc(N)cc2)cc1=O. The first-order valence-corrected chi connectivity index (χ1v) is 6.49. The molecule has 0 spiro atoms. The van der Waals surface area contributed by atoms with Gasteiger partial charge in [-0.1, -0.05) is 0 Å². The molecule has 1 aromatic carbocycles. The number of rotatable bonds is 5. The van der Waals surface area contributed by atoms with Crippen LogP contribution in [0.3, 0.4) is 0 Å². The minimum Gasteiger partial charge on any atom is -0.492 e. The molecule has 0 radical (unpaired) electrons. The van der Waals surface area contributed by atoms with E-state index >= 15 is 0 Å². The van der Waals surface area contributed by atoms with Crippen LogP contribution in [0.15, 0.2) is 47.4 Å². The number of pyridine rings is 1. The van der Waals surface area contributed by atoms with E-state index in [2.05, 4.69) is 5.32 Å². The molecular formula is C15H17N3O3. The molecule has 0 atom stereocenters.